The average Bonchev–Trinajstić information content (AvgIpc) is 2.32. The average molecular weight is 314 g/mol. The molecule has 0 aliphatic rings. The van der Waals surface area contributed by atoms with E-state index in [9.17, 15) is 9.59 Å². The van der Waals surface area contributed by atoms with Gasteiger partial charge in [0.15, 0.2) is 0 Å². The molecule has 0 aliphatic carbocycles. The van der Waals surface area contributed by atoms with Crippen LogP contribution in [0, 0.1) is 6.92 Å². The molecule has 0 fully saturated rings. The van der Waals surface area contributed by atoms with E-state index >= 15 is 0 Å². The van der Waals surface area contributed by atoms with Crippen LogP contribution in [0.2, 0.25) is 0 Å². The Hall–Kier alpha value is -1.40. The molecule has 5 nitrogen and oxygen atoms in total. The van der Waals surface area contributed by atoms with Crippen LogP contribution in [0.4, 0.5) is 5.69 Å². The zero-order valence-electron chi connectivity index (χ0n) is 10.1. The Balaban J connectivity index is 2.44. The molecule has 0 aromatic heterocycles. The minimum Gasteiger partial charge on any atom is -0.347 e. The molecule has 6 heteroatoms. The van der Waals surface area contributed by atoms with Gasteiger partial charge in [-0.05, 0) is 30.7 Å². The van der Waals surface area contributed by atoms with Gasteiger partial charge in [0, 0.05) is 23.1 Å². The predicted octanol–water partition coefficient (Wildman–Crippen LogP) is 1.16. The number of nitrogens with one attached hydrogen (secondary N) is 2. The van der Waals surface area contributed by atoms with Gasteiger partial charge in [-0.2, -0.15) is 0 Å². The number of carbonyl (C=O) groups is 2. The highest BCUT2D eigenvalue weighted by Crippen LogP contribution is 2.19. The third-order valence-corrected chi connectivity index (χ3v) is 3.15. The van der Waals surface area contributed by atoms with Gasteiger partial charge in [-0.3, -0.25) is 9.59 Å². The molecule has 0 bridgehead atoms. The molecule has 18 heavy (non-hydrogen) atoms. The van der Waals surface area contributed by atoms with E-state index in [1.807, 2.05) is 19.1 Å². The van der Waals surface area contributed by atoms with Crippen molar-refractivity contribution in [3.05, 3.63) is 28.2 Å². The Labute approximate surface area is 114 Å². The Morgan fingerprint density at radius 3 is 2.67 bits per heavy atom. The van der Waals surface area contributed by atoms with E-state index in [4.69, 9.17) is 5.73 Å². The maximum Gasteiger partial charge on any atom is 0.243 e. The Morgan fingerprint density at radius 2 is 2.06 bits per heavy atom. The van der Waals surface area contributed by atoms with Crippen molar-refractivity contribution in [1.82, 2.24) is 5.32 Å². The van der Waals surface area contributed by atoms with Crippen LogP contribution in [-0.2, 0) is 9.59 Å². The van der Waals surface area contributed by atoms with E-state index in [1.165, 1.54) is 0 Å². The number of rotatable bonds is 5. The van der Waals surface area contributed by atoms with E-state index in [0.717, 1.165) is 10.0 Å². The van der Waals surface area contributed by atoms with Crippen LogP contribution in [0.15, 0.2) is 22.7 Å². The summed E-state index contributed by atoms with van der Waals surface area (Å²) in [5.74, 6) is -0.485. The molecule has 0 heterocycles. The fraction of sp³-hybridized carbons (Fsp3) is 0.333. The van der Waals surface area contributed by atoms with Gasteiger partial charge in [0.1, 0.15) is 0 Å². The first-order valence-electron chi connectivity index (χ1n) is 5.55. The molecule has 0 atom stereocenters. The molecule has 4 N–H and O–H groups in total. The Morgan fingerprint density at radius 1 is 1.33 bits per heavy atom. The molecule has 0 radical (unpaired) electrons. The van der Waals surface area contributed by atoms with Crippen LogP contribution in [0.5, 0.6) is 0 Å². The maximum absolute atomic E-state index is 11.5. The van der Waals surface area contributed by atoms with Crippen molar-refractivity contribution in [2.24, 2.45) is 5.73 Å². The molecule has 0 spiro atoms. The van der Waals surface area contributed by atoms with Crippen molar-refractivity contribution in [3.8, 4) is 0 Å². The normalized spacial score (nSPS) is 9.94. The highest BCUT2D eigenvalue weighted by Gasteiger charge is 2.05. The number of anilines is 1. The van der Waals surface area contributed by atoms with Crippen molar-refractivity contribution < 1.29 is 9.59 Å². The van der Waals surface area contributed by atoms with Crippen molar-refractivity contribution in [2.75, 3.05) is 18.4 Å². The lowest BCUT2D eigenvalue weighted by molar-refractivity contribution is -0.124. The molecule has 98 valence electrons. The minimum absolute atomic E-state index is 0.0477. The second kappa shape index (κ2) is 7.13. The van der Waals surface area contributed by atoms with Gasteiger partial charge >= 0.3 is 0 Å². The number of benzene rings is 1. The van der Waals surface area contributed by atoms with Gasteiger partial charge in [-0.25, -0.2) is 0 Å². The second-order valence-corrected chi connectivity index (χ2v) is 4.68. The molecule has 1 aromatic rings. The smallest absolute Gasteiger partial charge is 0.243 e. The molecular weight excluding hydrogens is 298 g/mol. The standard InChI is InChI=1S/C12H16BrN3O2/c1-8-6-9(2-3-10(8)13)16-12(18)7-15-11(17)4-5-14/h2-3,6H,4-5,7,14H2,1H3,(H,15,17)(H,16,18). The Kier molecular flexibility index (Phi) is 5.80. The fourth-order valence-corrected chi connectivity index (χ4v) is 1.57. The molecule has 1 aromatic carbocycles. The molecule has 0 unspecified atom stereocenters. The van der Waals surface area contributed by atoms with Crippen LogP contribution in [0.1, 0.15) is 12.0 Å². The molecule has 0 saturated heterocycles. The van der Waals surface area contributed by atoms with Crippen molar-refractivity contribution in [1.29, 1.82) is 0 Å². The van der Waals surface area contributed by atoms with Crippen LogP contribution in [0.25, 0.3) is 0 Å². The lowest BCUT2D eigenvalue weighted by Gasteiger charge is -2.08. The number of hydrogen-bond donors (Lipinski definition) is 3. The summed E-state index contributed by atoms with van der Waals surface area (Å²) in [6.45, 7) is 2.16. The molecule has 0 saturated carbocycles. The quantitative estimate of drug-likeness (QED) is 0.762. The van der Waals surface area contributed by atoms with E-state index in [-0.39, 0.29) is 31.3 Å². The van der Waals surface area contributed by atoms with Crippen LogP contribution in [0.3, 0.4) is 0 Å². The number of nitrogens with two attached hydrogens (primary N) is 1. The predicted molar refractivity (Wildman–Crippen MR) is 74.2 cm³/mol. The Bertz CT molecular complexity index is 449. The van der Waals surface area contributed by atoms with Crippen LogP contribution < -0.4 is 16.4 Å². The summed E-state index contributed by atoms with van der Waals surface area (Å²) in [6.07, 6.45) is 0.227. The monoisotopic (exact) mass is 313 g/mol. The number of carbonyl (C=O) groups excluding carboxylic acids is 2. The summed E-state index contributed by atoms with van der Waals surface area (Å²) in [4.78, 5) is 22.7. The summed E-state index contributed by atoms with van der Waals surface area (Å²) >= 11 is 3.38. The van der Waals surface area contributed by atoms with Crippen molar-refractivity contribution >= 4 is 33.4 Å². The van der Waals surface area contributed by atoms with Gasteiger partial charge in [0.2, 0.25) is 11.8 Å². The second-order valence-electron chi connectivity index (χ2n) is 3.83. The van der Waals surface area contributed by atoms with Crippen molar-refractivity contribution in [2.45, 2.75) is 13.3 Å². The first kappa shape index (κ1) is 14.7. The molecule has 2 amide bonds. The number of aryl methyl sites for hydroxylation is 1. The van der Waals surface area contributed by atoms with Gasteiger partial charge < -0.3 is 16.4 Å². The largest absolute Gasteiger partial charge is 0.347 e. The highest BCUT2D eigenvalue weighted by atomic mass is 79.9. The number of hydrogen-bond acceptors (Lipinski definition) is 3. The lowest BCUT2D eigenvalue weighted by atomic mass is 10.2. The summed E-state index contributed by atoms with van der Waals surface area (Å²) in [5, 5.41) is 5.19. The van der Waals surface area contributed by atoms with E-state index in [1.54, 1.807) is 6.07 Å². The van der Waals surface area contributed by atoms with E-state index < -0.39 is 0 Å². The highest BCUT2D eigenvalue weighted by molar-refractivity contribution is 9.10. The fourth-order valence-electron chi connectivity index (χ4n) is 1.33. The van der Waals surface area contributed by atoms with E-state index in [0.29, 0.717) is 5.69 Å². The third kappa shape index (κ3) is 4.85. The third-order valence-electron chi connectivity index (χ3n) is 2.26. The van der Waals surface area contributed by atoms with Gasteiger partial charge in [0.25, 0.3) is 0 Å². The van der Waals surface area contributed by atoms with Crippen LogP contribution >= 0.6 is 15.9 Å². The summed E-state index contributed by atoms with van der Waals surface area (Å²) in [6, 6.07) is 5.50. The minimum atomic E-state index is -0.262. The summed E-state index contributed by atoms with van der Waals surface area (Å²) in [7, 11) is 0. The van der Waals surface area contributed by atoms with Gasteiger partial charge in [-0.1, -0.05) is 15.9 Å². The lowest BCUT2D eigenvalue weighted by Crippen LogP contribution is -2.33. The molecule has 0 aliphatic heterocycles. The zero-order valence-corrected chi connectivity index (χ0v) is 11.7. The first-order chi connectivity index (χ1) is 8.52. The first-order valence-corrected chi connectivity index (χ1v) is 6.35. The summed E-state index contributed by atoms with van der Waals surface area (Å²) in [5.41, 5.74) is 6.95. The van der Waals surface area contributed by atoms with Crippen LogP contribution in [-0.4, -0.2) is 24.9 Å². The molecule has 1 rings (SSSR count). The zero-order chi connectivity index (χ0) is 13.5. The van der Waals surface area contributed by atoms with Crippen molar-refractivity contribution in [3.63, 3.8) is 0 Å². The van der Waals surface area contributed by atoms with E-state index in [2.05, 4.69) is 26.6 Å². The maximum atomic E-state index is 11.5. The van der Waals surface area contributed by atoms with Gasteiger partial charge in [-0.15, -0.1) is 0 Å². The SMILES string of the molecule is Cc1cc(NC(=O)CNC(=O)CCN)ccc1Br. The number of halogens is 1. The van der Waals surface area contributed by atoms with Gasteiger partial charge in [0.05, 0.1) is 6.54 Å². The number of amides is 2. The summed E-state index contributed by atoms with van der Waals surface area (Å²) < 4.78 is 0.983. The topological polar surface area (TPSA) is 84.2 Å². The molecular formula is C12H16BrN3O2.